The van der Waals surface area contributed by atoms with E-state index < -0.39 is 11.9 Å². The van der Waals surface area contributed by atoms with Crippen LogP contribution in [0, 0.1) is 11.8 Å². The van der Waals surface area contributed by atoms with Gasteiger partial charge in [0, 0.05) is 18.1 Å². The zero-order chi connectivity index (χ0) is 11.3. The summed E-state index contributed by atoms with van der Waals surface area (Å²) in [5, 5.41) is 11.3. The number of hydrogen-bond donors (Lipinski definition) is 2. The number of amides is 1. The largest absolute Gasteiger partial charge is 0.481 e. The van der Waals surface area contributed by atoms with Gasteiger partial charge in [0.05, 0.1) is 11.8 Å². The number of rotatable bonds is 7. The van der Waals surface area contributed by atoms with E-state index in [1.807, 2.05) is 6.08 Å². The van der Waals surface area contributed by atoms with Gasteiger partial charge in [0.1, 0.15) is 0 Å². The highest BCUT2D eigenvalue weighted by Crippen LogP contribution is 2.38. The zero-order valence-corrected chi connectivity index (χ0v) is 9.26. The van der Waals surface area contributed by atoms with Gasteiger partial charge in [-0.3, -0.25) is 9.59 Å². The molecule has 15 heavy (non-hydrogen) atoms. The molecule has 5 heteroatoms. The molecule has 0 aliphatic heterocycles. The van der Waals surface area contributed by atoms with Gasteiger partial charge in [-0.15, -0.1) is 6.58 Å². The Morgan fingerprint density at radius 2 is 2.27 bits per heavy atom. The van der Waals surface area contributed by atoms with Crippen molar-refractivity contribution in [2.75, 3.05) is 18.1 Å². The molecule has 1 aliphatic rings. The van der Waals surface area contributed by atoms with E-state index in [4.69, 9.17) is 5.11 Å². The molecule has 0 aromatic carbocycles. The summed E-state index contributed by atoms with van der Waals surface area (Å²) in [4.78, 5) is 21.8. The lowest BCUT2D eigenvalue weighted by atomic mass is 10.3. The Morgan fingerprint density at radius 1 is 1.53 bits per heavy atom. The van der Waals surface area contributed by atoms with Crippen LogP contribution in [-0.2, 0) is 9.59 Å². The fourth-order valence-corrected chi connectivity index (χ4v) is 1.88. The maximum atomic E-state index is 11.3. The quantitative estimate of drug-likeness (QED) is 0.499. The summed E-state index contributed by atoms with van der Waals surface area (Å²) in [6.07, 6.45) is 2.30. The van der Waals surface area contributed by atoms with Crippen LogP contribution in [-0.4, -0.2) is 35.0 Å². The van der Waals surface area contributed by atoms with Crippen LogP contribution < -0.4 is 5.32 Å². The Kier molecular flexibility index (Phi) is 4.68. The van der Waals surface area contributed by atoms with E-state index in [0.717, 1.165) is 11.5 Å². The molecule has 1 saturated carbocycles. The van der Waals surface area contributed by atoms with E-state index >= 15 is 0 Å². The summed E-state index contributed by atoms with van der Waals surface area (Å²) in [5.74, 6) is -0.0327. The zero-order valence-electron chi connectivity index (χ0n) is 8.44. The van der Waals surface area contributed by atoms with Crippen molar-refractivity contribution in [2.24, 2.45) is 11.8 Å². The molecular weight excluding hydrogens is 214 g/mol. The molecule has 1 aliphatic carbocycles. The number of aliphatic carboxylic acids is 1. The van der Waals surface area contributed by atoms with Gasteiger partial charge in [-0.1, -0.05) is 6.08 Å². The normalized spacial score (nSPS) is 23.2. The van der Waals surface area contributed by atoms with E-state index in [9.17, 15) is 9.59 Å². The Balaban J connectivity index is 2.05. The van der Waals surface area contributed by atoms with Crippen molar-refractivity contribution in [3.05, 3.63) is 12.7 Å². The van der Waals surface area contributed by atoms with Gasteiger partial charge in [-0.05, 0) is 6.42 Å². The fourth-order valence-electron chi connectivity index (χ4n) is 1.30. The lowest BCUT2D eigenvalue weighted by Gasteiger charge is -2.02. The number of carbonyl (C=O) groups excluding carboxylic acids is 1. The highest BCUT2D eigenvalue weighted by molar-refractivity contribution is 7.99. The van der Waals surface area contributed by atoms with Crippen molar-refractivity contribution in [1.82, 2.24) is 5.32 Å². The first-order valence-electron chi connectivity index (χ1n) is 4.86. The number of carboxylic acids is 1. The minimum absolute atomic E-state index is 0.124. The molecule has 0 heterocycles. The molecule has 2 N–H and O–H groups in total. The highest BCUT2D eigenvalue weighted by atomic mass is 32.2. The molecule has 0 radical (unpaired) electrons. The molecule has 1 fully saturated rings. The van der Waals surface area contributed by atoms with Crippen molar-refractivity contribution in [3.8, 4) is 0 Å². The molecule has 0 bridgehead atoms. The van der Waals surface area contributed by atoms with E-state index in [1.165, 1.54) is 0 Å². The van der Waals surface area contributed by atoms with Crippen molar-refractivity contribution in [1.29, 1.82) is 0 Å². The van der Waals surface area contributed by atoms with Gasteiger partial charge >= 0.3 is 5.97 Å². The van der Waals surface area contributed by atoms with Gasteiger partial charge in [0.25, 0.3) is 0 Å². The second kappa shape index (κ2) is 5.80. The summed E-state index contributed by atoms with van der Waals surface area (Å²) >= 11 is 1.69. The predicted molar refractivity (Wildman–Crippen MR) is 59.8 cm³/mol. The second-order valence-electron chi connectivity index (χ2n) is 3.44. The second-order valence-corrected chi connectivity index (χ2v) is 4.59. The van der Waals surface area contributed by atoms with Crippen LogP contribution >= 0.6 is 11.8 Å². The number of hydrogen-bond acceptors (Lipinski definition) is 3. The summed E-state index contributed by atoms with van der Waals surface area (Å²) in [5.41, 5.74) is 0. The molecule has 84 valence electrons. The smallest absolute Gasteiger partial charge is 0.307 e. The van der Waals surface area contributed by atoms with Crippen molar-refractivity contribution >= 4 is 23.6 Å². The molecule has 0 spiro atoms. The standard InChI is InChI=1S/C10H15NO3S/c1-2-4-15-5-3-11-9(12)7-6-8(7)10(13)14/h2,7-8H,1,3-6H2,(H,11,12)(H,13,14)/t7-,8+/m1/s1. The van der Waals surface area contributed by atoms with Crippen LogP contribution in [0.4, 0.5) is 0 Å². The van der Waals surface area contributed by atoms with Gasteiger partial charge < -0.3 is 10.4 Å². The molecule has 4 nitrogen and oxygen atoms in total. The van der Waals surface area contributed by atoms with Crippen molar-refractivity contribution in [3.63, 3.8) is 0 Å². The minimum Gasteiger partial charge on any atom is -0.481 e. The van der Waals surface area contributed by atoms with Crippen LogP contribution in [0.3, 0.4) is 0 Å². The Hall–Kier alpha value is -0.970. The molecule has 2 atom stereocenters. The van der Waals surface area contributed by atoms with Crippen LogP contribution in [0.2, 0.25) is 0 Å². The number of thioether (sulfide) groups is 1. The van der Waals surface area contributed by atoms with E-state index in [0.29, 0.717) is 13.0 Å². The first-order chi connectivity index (χ1) is 7.16. The molecule has 1 amide bonds. The first kappa shape index (κ1) is 12.1. The Labute approximate surface area is 93.1 Å². The summed E-state index contributed by atoms with van der Waals surface area (Å²) < 4.78 is 0. The van der Waals surface area contributed by atoms with Gasteiger partial charge in [0.2, 0.25) is 5.91 Å². The van der Waals surface area contributed by atoms with E-state index in [-0.39, 0.29) is 11.8 Å². The summed E-state index contributed by atoms with van der Waals surface area (Å²) in [7, 11) is 0. The highest BCUT2D eigenvalue weighted by Gasteiger charge is 2.48. The molecule has 0 aromatic heterocycles. The molecule has 1 rings (SSSR count). The summed E-state index contributed by atoms with van der Waals surface area (Å²) in [6.45, 7) is 4.18. The third-order valence-electron chi connectivity index (χ3n) is 2.23. The molecule has 0 unspecified atom stereocenters. The van der Waals surface area contributed by atoms with Crippen molar-refractivity contribution < 1.29 is 14.7 Å². The van der Waals surface area contributed by atoms with Crippen LogP contribution in [0.5, 0.6) is 0 Å². The molecule has 0 saturated heterocycles. The number of nitrogens with one attached hydrogen (secondary N) is 1. The number of carboxylic acid groups (broad SMARTS) is 1. The monoisotopic (exact) mass is 229 g/mol. The van der Waals surface area contributed by atoms with Gasteiger partial charge in [-0.25, -0.2) is 0 Å². The Morgan fingerprint density at radius 3 is 2.80 bits per heavy atom. The summed E-state index contributed by atoms with van der Waals surface area (Å²) in [6, 6.07) is 0. The predicted octanol–water partition coefficient (Wildman–Crippen LogP) is 0.742. The lowest BCUT2D eigenvalue weighted by molar-refractivity contribution is -0.140. The third-order valence-corrected chi connectivity index (χ3v) is 3.19. The van der Waals surface area contributed by atoms with E-state index in [2.05, 4.69) is 11.9 Å². The Bertz CT molecular complexity index is 267. The SMILES string of the molecule is C=CCSCCNC(=O)[C@@H]1C[C@@H]1C(=O)O. The van der Waals surface area contributed by atoms with Crippen LogP contribution in [0.1, 0.15) is 6.42 Å². The fraction of sp³-hybridized carbons (Fsp3) is 0.600. The minimum atomic E-state index is -0.865. The number of carbonyl (C=O) groups is 2. The third kappa shape index (κ3) is 3.95. The lowest BCUT2D eigenvalue weighted by Crippen LogP contribution is -2.28. The van der Waals surface area contributed by atoms with Gasteiger partial charge in [-0.2, -0.15) is 11.8 Å². The maximum Gasteiger partial charge on any atom is 0.307 e. The van der Waals surface area contributed by atoms with Crippen molar-refractivity contribution in [2.45, 2.75) is 6.42 Å². The van der Waals surface area contributed by atoms with Crippen LogP contribution in [0.15, 0.2) is 12.7 Å². The average molecular weight is 229 g/mol. The van der Waals surface area contributed by atoms with Gasteiger partial charge in [0.15, 0.2) is 0 Å². The molecule has 0 aromatic rings. The first-order valence-corrected chi connectivity index (χ1v) is 6.01. The average Bonchev–Trinajstić information content (AvgIpc) is 2.96. The molecular formula is C10H15NO3S. The van der Waals surface area contributed by atoms with E-state index in [1.54, 1.807) is 11.8 Å². The van der Waals surface area contributed by atoms with Crippen LogP contribution in [0.25, 0.3) is 0 Å². The topological polar surface area (TPSA) is 66.4 Å². The maximum absolute atomic E-state index is 11.3.